The zero-order chi connectivity index (χ0) is 13.8. The van der Waals surface area contributed by atoms with Crippen LogP contribution in [0.5, 0.6) is 0 Å². The number of carbonyl (C=O) groups excluding carboxylic acids is 1. The van der Waals surface area contributed by atoms with E-state index in [-0.39, 0.29) is 11.8 Å². The molecule has 1 saturated heterocycles. The van der Waals surface area contributed by atoms with E-state index >= 15 is 0 Å². The van der Waals surface area contributed by atoms with Gasteiger partial charge in [-0.3, -0.25) is 4.79 Å². The quantitative estimate of drug-likeness (QED) is 0.811. The first-order valence-corrected chi connectivity index (χ1v) is 7.76. The van der Waals surface area contributed by atoms with E-state index in [1.54, 1.807) is 0 Å². The average Bonchev–Trinajstić information content (AvgIpc) is 2.39. The van der Waals surface area contributed by atoms with Crippen LogP contribution in [-0.2, 0) is 4.79 Å². The van der Waals surface area contributed by atoms with Crippen LogP contribution in [-0.4, -0.2) is 49.6 Å². The summed E-state index contributed by atoms with van der Waals surface area (Å²) in [6.45, 7) is 3.15. The van der Waals surface area contributed by atoms with Crippen molar-refractivity contribution in [3.8, 4) is 0 Å². The number of rotatable bonds is 3. The van der Waals surface area contributed by atoms with Crippen LogP contribution in [0, 0.1) is 5.92 Å². The van der Waals surface area contributed by atoms with E-state index in [0.717, 1.165) is 32.2 Å². The predicted molar refractivity (Wildman–Crippen MR) is 78.1 cm³/mol. The van der Waals surface area contributed by atoms with E-state index < -0.39 is 0 Å². The van der Waals surface area contributed by atoms with Crippen molar-refractivity contribution in [1.82, 2.24) is 15.5 Å². The maximum atomic E-state index is 12.3. The highest BCUT2D eigenvalue weighted by Gasteiger charge is 2.29. The Morgan fingerprint density at radius 1 is 1.21 bits per heavy atom. The molecular formula is C15H29N3O. The van der Waals surface area contributed by atoms with Gasteiger partial charge in [-0.25, -0.2) is 0 Å². The summed E-state index contributed by atoms with van der Waals surface area (Å²) in [5.74, 6) is 0.508. The van der Waals surface area contributed by atoms with Crippen molar-refractivity contribution >= 4 is 5.91 Å². The van der Waals surface area contributed by atoms with E-state index in [4.69, 9.17) is 0 Å². The fourth-order valence-electron chi connectivity index (χ4n) is 3.45. The van der Waals surface area contributed by atoms with Crippen LogP contribution in [0.4, 0.5) is 0 Å². The standard InChI is InChI=1S/C15H29N3O/c1-11-9-12(7-8-16-11)15(19)17-13-5-4-6-14(10-13)18(2)3/h11-14,16H,4-10H2,1-3H3,(H,17,19)/t11-,12-,13?,14?/m0/s1. The highest BCUT2D eigenvalue weighted by Crippen LogP contribution is 2.23. The Morgan fingerprint density at radius 2 is 2.00 bits per heavy atom. The maximum absolute atomic E-state index is 12.3. The van der Waals surface area contributed by atoms with Crippen LogP contribution in [0.25, 0.3) is 0 Å². The Morgan fingerprint density at radius 3 is 2.68 bits per heavy atom. The van der Waals surface area contributed by atoms with Crippen LogP contribution in [0.15, 0.2) is 0 Å². The van der Waals surface area contributed by atoms with Gasteiger partial charge < -0.3 is 15.5 Å². The smallest absolute Gasteiger partial charge is 0.223 e. The summed E-state index contributed by atoms with van der Waals surface area (Å²) >= 11 is 0. The van der Waals surface area contributed by atoms with Crippen LogP contribution in [0.3, 0.4) is 0 Å². The second-order valence-corrected chi connectivity index (χ2v) is 6.57. The van der Waals surface area contributed by atoms with Gasteiger partial charge in [0.15, 0.2) is 0 Å². The van der Waals surface area contributed by atoms with E-state index in [1.807, 2.05) is 0 Å². The zero-order valence-electron chi connectivity index (χ0n) is 12.6. The molecule has 1 aliphatic carbocycles. The number of piperidine rings is 1. The van der Waals surface area contributed by atoms with Gasteiger partial charge in [0.2, 0.25) is 5.91 Å². The largest absolute Gasteiger partial charge is 0.353 e. The zero-order valence-corrected chi connectivity index (χ0v) is 12.6. The van der Waals surface area contributed by atoms with Crippen LogP contribution >= 0.6 is 0 Å². The lowest BCUT2D eigenvalue weighted by atomic mass is 9.88. The topological polar surface area (TPSA) is 44.4 Å². The first-order valence-electron chi connectivity index (χ1n) is 7.76. The fourth-order valence-corrected chi connectivity index (χ4v) is 3.45. The summed E-state index contributed by atoms with van der Waals surface area (Å²) in [7, 11) is 4.28. The third kappa shape index (κ3) is 4.18. The Hall–Kier alpha value is -0.610. The summed E-state index contributed by atoms with van der Waals surface area (Å²) in [6.07, 6.45) is 6.73. The number of nitrogens with zero attached hydrogens (tertiary/aromatic N) is 1. The molecule has 0 aromatic rings. The molecule has 1 heterocycles. The van der Waals surface area contributed by atoms with Crippen LogP contribution in [0.1, 0.15) is 45.4 Å². The normalized spacial score (nSPS) is 36.2. The molecule has 0 spiro atoms. The van der Waals surface area contributed by atoms with Gasteiger partial charge in [0.1, 0.15) is 0 Å². The molecule has 0 bridgehead atoms. The number of hydrogen-bond donors (Lipinski definition) is 2. The molecule has 0 aromatic heterocycles. The monoisotopic (exact) mass is 267 g/mol. The number of nitrogens with one attached hydrogen (secondary N) is 2. The molecule has 19 heavy (non-hydrogen) atoms. The molecule has 4 nitrogen and oxygen atoms in total. The highest BCUT2D eigenvalue weighted by atomic mass is 16.1. The molecule has 1 aliphatic heterocycles. The van der Waals surface area contributed by atoms with Crippen LogP contribution < -0.4 is 10.6 Å². The lowest BCUT2D eigenvalue weighted by Gasteiger charge is -2.35. The molecule has 0 radical (unpaired) electrons. The highest BCUT2D eigenvalue weighted by molar-refractivity contribution is 5.79. The minimum Gasteiger partial charge on any atom is -0.353 e. The summed E-state index contributed by atoms with van der Waals surface area (Å²) < 4.78 is 0. The van der Waals surface area contributed by atoms with Crippen molar-refractivity contribution < 1.29 is 4.79 Å². The Bertz CT molecular complexity index is 306. The first-order chi connectivity index (χ1) is 9.06. The molecule has 2 unspecified atom stereocenters. The van der Waals surface area contributed by atoms with Crippen molar-refractivity contribution in [2.75, 3.05) is 20.6 Å². The predicted octanol–water partition coefficient (Wildman–Crippen LogP) is 1.36. The Balaban J connectivity index is 1.81. The lowest BCUT2D eigenvalue weighted by Crippen LogP contribution is -2.48. The van der Waals surface area contributed by atoms with E-state index in [0.29, 0.717) is 18.1 Å². The van der Waals surface area contributed by atoms with Gasteiger partial charge in [0.05, 0.1) is 0 Å². The molecule has 4 heteroatoms. The molecule has 2 fully saturated rings. The molecule has 2 rings (SSSR count). The van der Waals surface area contributed by atoms with Gasteiger partial charge in [-0.1, -0.05) is 0 Å². The third-order valence-electron chi connectivity index (χ3n) is 4.72. The van der Waals surface area contributed by atoms with Crippen molar-refractivity contribution in [3.05, 3.63) is 0 Å². The summed E-state index contributed by atoms with van der Waals surface area (Å²) in [4.78, 5) is 14.6. The van der Waals surface area contributed by atoms with Gasteiger partial charge in [-0.15, -0.1) is 0 Å². The molecule has 0 aromatic carbocycles. The molecule has 4 atom stereocenters. The molecular weight excluding hydrogens is 238 g/mol. The van der Waals surface area contributed by atoms with Crippen molar-refractivity contribution in [1.29, 1.82) is 0 Å². The van der Waals surface area contributed by atoms with Crippen molar-refractivity contribution in [3.63, 3.8) is 0 Å². The molecule has 2 N–H and O–H groups in total. The Labute approximate surface area is 117 Å². The summed E-state index contributed by atoms with van der Waals surface area (Å²) in [5, 5.41) is 6.71. The molecule has 2 aliphatic rings. The third-order valence-corrected chi connectivity index (χ3v) is 4.72. The first kappa shape index (κ1) is 14.8. The van der Waals surface area contributed by atoms with Gasteiger partial charge in [0.25, 0.3) is 0 Å². The SMILES string of the molecule is C[C@H]1C[C@@H](C(=O)NC2CCCC(N(C)C)C2)CCN1. The van der Waals surface area contributed by atoms with E-state index in [1.165, 1.54) is 12.8 Å². The van der Waals surface area contributed by atoms with Crippen molar-refractivity contribution in [2.24, 2.45) is 5.92 Å². The van der Waals surface area contributed by atoms with Gasteiger partial charge in [-0.05, 0) is 66.1 Å². The van der Waals surface area contributed by atoms with E-state index in [9.17, 15) is 4.79 Å². The fraction of sp³-hybridized carbons (Fsp3) is 0.933. The minimum absolute atomic E-state index is 0.219. The Kier molecular flexibility index (Phi) is 5.22. The van der Waals surface area contributed by atoms with Crippen LogP contribution in [0.2, 0.25) is 0 Å². The van der Waals surface area contributed by atoms with Gasteiger partial charge >= 0.3 is 0 Å². The maximum Gasteiger partial charge on any atom is 0.223 e. The second-order valence-electron chi connectivity index (χ2n) is 6.57. The number of hydrogen-bond acceptors (Lipinski definition) is 3. The van der Waals surface area contributed by atoms with E-state index in [2.05, 4.69) is 36.6 Å². The average molecular weight is 267 g/mol. The van der Waals surface area contributed by atoms with Gasteiger partial charge in [-0.2, -0.15) is 0 Å². The minimum atomic E-state index is 0.219. The van der Waals surface area contributed by atoms with Crippen molar-refractivity contribution in [2.45, 2.75) is 63.6 Å². The summed E-state index contributed by atoms with van der Waals surface area (Å²) in [5.41, 5.74) is 0. The number of carbonyl (C=O) groups is 1. The second kappa shape index (κ2) is 6.71. The molecule has 110 valence electrons. The lowest BCUT2D eigenvalue weighted by molar-refractivity contribution is -0.127. The molecule has 1 saturated carbocycles. The van der Waals surface area contributed by atoms with Gasteiger partial charge in [0, 0.05) is 24.0 Å². The number of amides is 1. The summed E-state index contributed by atoms with van der Waals surface area (Å²) in [6, 6.07) is 1.50. The molecule has 1 amide bonds.